The van der Waals surface area contributed by atoms with Gasteiger partial charge < -0.3 is 10.1 Å². The molecule has 90 valence electrons. The molecule has 0 aromatic heterocycles. The Labute approximate surface area is 94.6 Å². The van der Waals surface area contributed by atoms with Gasteiger partial charge in [0.05, 0.1) is 6.61 Å². The van der Waals surface area contributed by atoms with Crippen LogP contribution >= 0.6 is 0 Å². The van der Waals surface area contributed by atoms with Crippen molar-refractivity contribution in [2.24, 2.45) is 0 Å². The molecule has 0 heterocycles. The van der Waals surface area contributed by atoms with Crippen molar-refractivity contribution in [2.75, 3.05) is 13.7 Å². The first-order valence-corrected chi connectivity index (χ1v) is 5.12. The van der Waals surface area contributed by atoms with Crippen LogP contribution in [0.15, 0.2) is 18.2 Å². The summed E-state index contributed by atoms with van der Waals surface area (Å²) in [5.74, 6) is -1.64. The summed E-state index contributed by atoms with van der Waals surface area (Å²) in [7, 11) is 1.63. The number of hydrogen-bond donors (Lipinski definition) is 1. The highest BCUT2D eigenvalue weighted by Crippen LogP contribution is 2.10. The van der Waals surface area contributed by atoms with Crippen molar-refractivity contribution in [3.63, 3.8) is 0 Å². The van der Waals surface area contributed by atoms with Crippen molar-refractivity contribution in [1.82, 2.24) is 5.32 Å². The fraction of sp³-hybridized carbons (Fsp3) is 0.500. The van der Waals surface area contributed by atoms with Crippen LogP contribution in [0, 0.1) is 11.6 Å². The van der Waals surface area contributed by atoms with Gasteiger partial charge in [0.2, 0.25) is 0 Å². The van der Waals surface area contributed by atoms with Crippen LogP contribution in [0.3, 0.4) is 0 Å². The molecule has 0 saturated carbocycles. The third kappa shape index (κ3) is 3.87. The van der Waals surface area contributed by atoms with E-state index in [0.717, 1.165) is 6.07 Å². The molecule has 0 fully saturated rings. The van der Waals surface area contributed by atoms with E-state index in [4.69, 9.17) is 4.74 Å². The van der Waals surface area contributed by atoms with Crippen LogP contribution in [0.25, 0.3) is 0 Å². The lowest BCUT2D eigenvalue weighted by molar-refractivity contribution is 0.127. The molecular weight excluding hydrogens is 212 g/mol. The summed E-state index contributed by atoms with van der Waals surface area (Å²) < 4.78 is 30.6. The summed E-state index contributed by atoms with van der Waals surface area (Å²) in [6, 6.07) is 3.90. The van der Waals surface area contributed by atoms with Crippen molar-refractivity contribution < 1.29 is 13.5 Å². The lowest BCUT2D eigenvalue weighted by Crippen LogP contribution is -2.42. The second kappa shape index (κ2) is 5.37. The quantitative estimate of drug-likeness (QED) is 0.837. The number of ether oxygens (including phenoxy) is 1. The van der Waals surface area contributed by atoms with E-state index in [1.54, 1.807) is 13.2 Å². The van der Waals surface area contributed by atoms with Crippen LogP contribution in [0.5, 0.6) is 0 Å². The highest BCUT2D eigenvalue weighted by Gasteiger charge is 2.16. The Balaban J connectivity index is 2.57. The molecule has 4 heteroatoms. The predicted molar refractivity (Wildman–Crippen MR) is 59.2 cm³/mol. The normalized spacial score (nSPS) is 11.8. The lowest BCUT2D eigenvalue weighted by atomic mass is 10.1. The summed E-state index contributed by atoms with van der Waals surface area (Å²) in [5, 5.41) is 3.21. The average molecular weight is 229 g/mol. The van der Waals surface area contributed by atoms with Gasteiger partial charge in [-0.3, -0.25) is 0 Å². The Morgan fingerprint density at radius 3 is 2.50 bits per heavy atom. The first-order chi connectivity index (χ1) is 7.44. The minimum absolute atomic E-state index is 0.195. The molecule has 0 bridgehead atoms. The number of hydrogen-bond acceptors (Lipinski definition) is 2. The minimum Gasteiger partial charge on any atom is -0.383 e. The van der Waals surface area contributed by atoms with Crippen LogP contribution in [0.4, 0.5) is 8.78 Å². The fourth-order valence-corrected chi connectivity index (χ4v) is 1.40. The second-order valence-corrected chi connectivity index (χ2v) is 4.42. The smallest absolute Gasteiger partial charge is 0.159 e. The molecule has 16 heavy (non-hydrogen) atoms. The molecular formula is C12H17F2NO. The molecule has 1 N–H and O–H groups in total. The van der Waals surface area contributed by atoms with Crippen molar-refractivity contribution in [3.05, 3.63) is 35.4 Å². The first kappa shape index (κ1) is 13.1. The van der Waals surface area contributed by atoms with Gasteiger partial charge in [-0.2, -0.15) is 0 Å². The summed E-state index contributed by atoms with van der Waals surface area (Å²) in [5.41, 5.74) is 0.516. The van der Waals surface area contributed by atoms with Crippen LogP contribution in [0.1, 0.15) is 19.4 Å². The SMILES string of the molecule is COCC(C)(C)NCc1ccc(F)c(F)c1. The van der Waals surface area contributed by atoms with Gasteiger partial charge in [-0.25, -0.2) is 8.78 Å². The van der Waals surface area contributed by atoms with E-state index in [1.165, 1.54) is 6.07 Å². The molecule has 0 radical (unpaired) electrons. The van der Waals surface area contributed by atoms with Crippen molar-refractivity contribution >= 4 is 0 Å². The number of halogens is 2. The van der Waals surface area contributed by atoms with Crippen LogP contribution in [-0.4, -0.2) is 19.3 Å². The van der Waals surface area contributed by atoms with E-state index in [1.807, 2.05) is 13.8 Å². The van der Waals surface area contributed by atoms with Gasteiger partial charge in [-0.05, 0) is 31.5 Å². The summed E-state index contributed by atoms with van der Waals surface area (Å²) >= 11 is 0. The van der Waals surface area contributed by atoms with Gasteiger partial charge in [-0.15, -0.1) is 0 Å². The minimum atomic E-state index is -0.820. The molecule has 0 saturated heterocycles. The zero-order valence-corrected chi connectivity index (χ0v) is 9.81. The highest BCUT2D eigenvalue weighted by atomic mass is 19.2. The van der Waals surface area contributed by atoms with Gasteiger partial charge in [-0.1, -0.05) is 6.07 Å². The molecule has 0 amide bonds. The van der Waals surface area contributed by atoms with Crippen molar-refractivity contribution in [2.45, 2.75) is 25.9 Å². The predicted octanol–water partition coefficient (Wildman–Crippen LogP) is 2.48. The molecule has 0 atom stereocenters. The number of rotatable bonds is 5. The largest absolute Gasteiger partial charge is 0.383 e. The van der Waals surface area contributed by atoms with Crippen LogP contribution in [0.2, 0.25) is 0 Å². The van der Waals surface area contributed by atoms with E-state index < -0.39 is 11.6 Å². The summed E-state index contributed by atoms with van der Waals surface area (Å²) in [4.78, 5) is 0. The van der Waals surface area contributed by atoms with Crippen LogP contribution < -0.4 is 5.32 Å². The molecule has 0 aliphatic heterocycles. The Morgan fingerprint density at radius 2 is 1.94 bits per heavy atom. The van der Waals surface area contributed by atoms with Gasteiger partial charge in [0.15, 0.2) is 11.6 Å². The van der Waals surface area contributed by atoms with Gasteiger partial charge >= 0.3 is 0 Å². The third-order valence-electron chi connectivity index (χ3n) is 2.26. The fourth-order valence-electron chi connectivity index (χ4n) is 1.40. The van der Waals surface area contributed by atoms with E-state index in [-0.39, 0.29) is 5.54 Å². The zero-order valence-electron chi connectivity index (χ0n) is 9.81. The van der Waals surface area contributed by atoms with E-state index in [0.29, 0.717) is 18.7 Å². The maximum Gasteiger partial charge on any atom is 0.159 e. The van der Waals surface area contributed by atoms with E-state index >= 15 is 0 Å². The molecule has 1 aromatic carbocycles. The van der Waals surface area contributed by atoms with Crippen molar-refractivity contribution in [1.29, 1.82) is 0 Å². The maximum atomic E-state index is 12.9. The molecule has 0 spiro atoms. The first-order valence-electron chi connectivity index (χ1n) is 5.12. The number of nitrogens with one attached hydrogen (secondary N) is 1. The Hall–Kier alpha value is -1.00. The summed E-state index contributed by atoms with van der Waals surface area (Å²) in [6.07, 6.45) is 0. The maximum absolute atomic E-state index is 12.9. The average Bonchev–Trinajstić information content (AvgIpc) is 2.20. The van der Waals surface area contributed by atoms with Gasteiger partial charge in [0.1, 0.15) is 0 Å². The highest BCUT2D eigenvalue weighted by molar-refractivity contribution is 5.17. The monoisotopic (exact) mass is 229 g/mol. The van der Waals surface area contributed by atoms with Crippen LogP contribution in [-0.2, 0) is 11.3 Å². The Morgan fingerprint density at radius 1 is 1.25 bits per heavy atom. The van der Waals surface area contributed by atoms with Crippen molar-refractivity contribution in [3.8, 4) is 0 Å². The van der Waals surface area contributed by atoms with E-state index in [9.17, 15) is 8.78 Å². The number of methoxy groups -OCH3 is 1. The zero-order chi connectivity index (χ0) is 12.2. The molecule has 1 aromatic rings. The standard InChI is InChI=1S/C12H17F2NO/c1-12(2,8-16-3)15-7-9-4-5-10(13)11(14)6-9/h4-6,15H,7-8H2,1-3H3. The number of benzene rings is 1. The van der Waals surface area contributed by atoms with Gasteiger partial charge in [0, 0.05) is 19.2 Å². The third-order valence-corrected chi connectivity index (χ3v) is 2.26. The summed E-state index contributed by atoms with van der Waals surface area (Å²) in [6.45, 7) is 5.00. The topological polar surface area (TPSA) is 21.3 Å². The molecule has 0 unspecified atom stereocenters. The molecule has 1 rings (SSSR count). The molecule has 0 aliphatic rings. The molecule has 2 nitrogen and oxygen atoms in total. The Bertz CT molecular complexity index is 353. The van der Waals surface area contributed by atoms with E-state index in [2.05, 4.69) is 5.32 Å². The Kier molecular flexibility index (Phi) is 4.38. The van der Waals surface area contributed by atoms with Gasteiger partial charge in [0.25, 0.3) is 0 Å². The lowest BCUT2D eigenvalue weighted by Gasteiger charge is -2.25. The second-order valence-electron chi connectivity index (χ2n) is 4.42. The molecule has 0 aliphatic carbocycles.